The number of hydrogen-bond acceptors (Lipinski definition) is 2. The predicted octanol–water partition coefficient (Wildman–Crippen LogP) is 1.14. The molecule has 0 saturated carbocycles. The Morgan fingerprint density at radius 3 is 2.44 bits per heavy atom. The zero-order valence-electron chi connectivity index (χ0n) is 6.05. The summed E-state index contributed by atoms with van der Waals surface area (Å²) in [7, 11) is 0. The first-order valence-electron chi connectivity index (χ1n) is 3.18. The smallest absolute Gasteiger partial charge is 0.102 e. The van der Waals surface area contributed by atoms with Gasteiger partial charge in [-0.2, -0.15) is 0 Å². The minimum atomic E-state index is -0.346. The second-order valence-electron chi connectivity index (χ2n) is 1.98. The van der Waals surface area contributed by atoms with Crippen LogP contribution in [-0.2, 0) is 0 Å². The molecule has 1 unspecified atom stereocenters. The molecule has 58 valence electrons. The summed E-state index contributed by atoms with van der Waals surface area (Å²) in [5, 5.41) is 11.6. The number of nitrogens with one attached hydrogen (secondary N) is 1. The van der Waals surface area contributed by atoms with Crippen LogP contribution in [0.15, 0.2) is 0 Å². The van der Waals surface area contributed by atoms with Gasteiger partial charge in [-0.3, -0.25) is 5.32 Å². The summed E-state index contributed by atoms with van der Waals surface area (Å²) in [6, 6.07) is 0. The van der Waals surface area contributed by atoms with E-state index in [4.69, 9.17) is 5.11 Å². The van der Waals surface area contributed by atoms with Crippen molar-refractivity contribution in [1.82, 2.24) is 5.32 Å². The first-order chi connectivity index (χ1) is 3.77. The molecule has 3 heteroatoms. The molecule has 0 aliphatic rings. The molecule has 0 rings (SSSR count). The normalized spacial score (nSPS) is 12.3. The van der Waals surface area contributed by atoms with Crippen molar-refractivity contribution in [3.05, 3.63) is 0 Å². The SMILES string of the molecule is CCCCNC(C)O.Cl. The Bertz CT molecular complexity index is 50.3. The molecule has 0 fully saturated rings. The van der Waals surface area contributed by atoms with Crippen molar-refractivity contribution >= 4 is 12.4 Å². The van der Waals surface area contributed by atoms with Crippen molar-refractivity contribution in [1.29, 1.82) is 0 Å². The third kappa shape index (κ3) is 11.7. The van der Waals surface area contributed by atoms with E-state index in [1.807, 2.05) is 0 Å². The van der Waals surface area contributed by atoms with Gasteiger partial charge in [0.2, 0.25) is 0 Å². The summed E-state index contributed by atoms with van der Waals surface area (Å²) >= 11 is 0. The lowest BCUT2D eigenvalue weighted by Gasteiger charge is -2.04. The Labute approximate surface area is 63.1 Å². The molecule has 0 spiro atoms. The van der Waals surface area contributed by atoms with Crippen molar-refractivity contribution in [2.45, 2.75) is 32.9 Å². The van der Waals surface area contributed by atoms with Gasteiger partial charge in [0.25, 0.3) is 0 Å². The van der Waals surface area contributed by atoms with Crippen LogP contribution in [0.2, 0.25) is 0 Å². The molecule has 9 heavy (non-hydrogen) atoms. The van der Waals surface area contributed by atoms with Gasteiger partial charge in [0.05, 0.1) is 0 Å². The summed E-state index contributed by atoms with van der Waals surface area (Å²) in [6.45, 7) is 4.79. The molecule has 2 N–H and O–H groups in total. The molecular weight excluding hydrogens is 138 g/mol. The van der Waals surface area contributed by atoms with E-state index in [-0.39, 0.29) is 18.6 Å². The van der Waals surface area contributed by atoms with Gasteiger partial charge < -0.3 is 5.11 Å². The lowest BCUT2D eigenvalue weighted by atomic mass is 10.3. The number of aliphatic hydroxyl groups excluding tert-OH is 1. The van der Waals surface area contributed by atoms with E-state index in [2.05, 4.69) is 12.2 Å². The molecule has 0 amide bonds. The maximum Gasteiger partial charge on any atom is 0.102 e. The minimum Gasteiger partial charge on any atom is -0.379 e. The molecule has 0 aliphatic carbocycles. The van der Waals surface area contributed by atoms with Crippen molar-refractivity contribution in [3.63, 3.8) is 0 Å². The fourth-order valence-electron chi connectivity index (χ4n) is 0.488. The fourth-order valence-corrected chi connectivity index (χ4v) is 0.488. The molecular formula is C6H16ClNO. The van der Waals surface area contributed by atoms with E-state index in [1.54, 1.807) is 6.92 Å². The second kappa shape index (κ2) is 8.21. The van der Waals surface area contributed by atoms with Gasteiger partial charge in [0.1, 0.15) is 6.23 Å². The van der Waals surface area contributed by atoms with Gasteiger partial charge in [-0.1, -0.05) is 13.3 Å². The Kier molecular flexibility index (Phi) is 10.9. The van der Waals surface area contributed by atoms with Crippen molar-refractivity contribution in [2.24, 2.45) is 0 Å². The zero-order chi connectivity index (χ0) is 6.41. The van der Waals surface area contributed by atoms with Crippen LogP contribution in [0, 0.1) is 0 Å². The zero-order valence-corrected chi connectivity index (χ0v) is 6.87. The third-order valence-electron chi connectivity index (χ3n) is 0.970. The molecule has 0 aromatic rings. The van der Waals surface area contributed by atoms with Gasteiger partial charge in [0.15, 0.2) is 0 Å². The third-order valence-corrected chi connectivity index (χ3v) is 0.970. The molecule has 0 bridgehead atoms. The van der Waals surface area contributed by atoms with Crippen LogP contribution >= 0.6 is 12.4 Å². The standard InChI is InChI=1S/C6H15NO.ClH/c1-3-4-5-7-6(2)8;/h6-8H,3-5H2,1-2H3;1H. The molecule has 0 radical (unpaired) electrons. The van der Waals surface area contributed by atoms with E-state index >= 15 is 0 Å². The van der Waals surface area contributed by atoms with Gasteiger partial charge >= 0.3 is 0 Å². The maximum atomic E-state index is 8.67. The first-order valence-corrected chi connectivity index (χ1v) is 3.18. The summed E-state index contributed by atoms with van der Waals surface area (Å²) in [6.07, 6.45) is 1.98. The number of unbranched alkanes of at least 4 members (excludes halogenated alkanes) is 1. The Hall–Kier alpha value is 0.210. The number of hydrogen-bond donors (Lipinski definition) is 2. The highest BCUT2D eigenvalue weighted by Crippen LogP contribution is 1.82. The highest BCUT2D eigenvalue weighted by atomic mass is 35.5. The van der Waals surface area contributed by atoms with Gasteiger partial charge in [0, 0.05) is 0 Å². The number of aliphatic hydroxyl groups is 1. The summed E-state index contributed by atoms with van der Waals surface area (Å²) in [5.74, 6) is 0. The quantitative estimate of drug-likeness (QED) is 0.469. The van der Waals surface area contributed by atoms with Crippen LogP contribution in [0.4, 0.5) is 0 Å². The molecule has 0 aromatic heterocycles. The largest absolute Gasteiger partial charge is 0.379 e. The Morgan fingerprint density at radius 2 is 2.11 bits per heavy atom. The number of halogens is 1. The van der Waals surface area contributed by atoms with Crippen LogP contribution in [0.5, 0.6) is 0 Å². The summed E-state index contributed by atoms with van der Waals surface area (Å²) in [4.78, 5) is 0. The van der Waals surface area contributed by atoms with E-state index in [0.29, 0.717) is 0 Å². The second-order valence-corrected chi connectivity index (χ2v) is 1.98. The van der Waals surface area contributed by atoms with Gasteiger partial charge in [-0.05, 0) is 19.9 Å². The van der Waals surface area contributed by atoms with E-state index in [0.717, 1.165) is 13.0 Å². The molecule has 2 nitrogen and oxygen atoms in total. The average Bonchev–Trinajstić information content (AvgIpc) is 1.66. The monoisotopic (exact) mass is 153 g/mol. The van der Waals surface area contributed by atoms with Crippen molar-refractivity contribution in [2.75, 3.05) is 6.54 Å². The van der Waals surface area contributed by atoms with Crippen LogP contribution in [-0.4, -0.2) is 17.9 Å². The lowest BCUT2D eigenvalue weighted by molar-refractivity contribution is 0.156. The summed E-state index contributed by atoms with van der Waals surface area (Å²) < 4.78 is 0. The van der Waals surface area contributed by atoms with E-state index in [1.165, 1.54) is 6.42 Å². The Balaban J connectivity index is 0. The van der Waals surface area contributed by atoms with Gasteiger partial charge in [-0.25, -0.2) is 0 Å². The number of rotatable bonds is 4. The van der Waals surface area contributed by atoms with Crippen LogP contribution < -0.4 is 5.32 Å². The average molecular weight is 154 g/mol. The highest BCUT2D eigenvalue weighted by molar-refractivity contribution is 5.85. The predicted molar refractivity (Wildman–Crippen MR) is 41.8 cm³/mol. The minimum absolute atomic E-state index is 0. The highest BCUT2D eigenvalue weighted by Gasteiger charge is 1.88. The van der Waals surface area contributed by atoms with E-state index in [9.17, 15) is 0 Å². The fraction of sp³-hybridized carbons (Fsp3) is 1.00. The van der Waals surface area contributed by atoms with Gasteiger partial charge in [-0.15, -0.1) is 12.4 Å². The molecule has 0 aliphatic heterocycles. The van der Waals surface area contributed by atoms with Crippen molar-refractivity contribution < 1.29 is 5.11 Å². The molecule has 1 atom stereocenters. The van der Waals surface area contributed by atoms with Crippen molar-refractivity contribution in [3.8, 4) is 0 Å². The van der Waals surface area contributed by atoms with Crippen LogP contribution in [0.1, 0.15) is 26.7 Å². The molecule has 0 saturated heterocycles. The van der Waals surface area contributed by atoms with Crippen LogP contribution in [0.25, 0.3) is 0 Å². The molecule has 0 aromatic carbocycles. The van der Waals surface area contributed by atoms with E-state index < -0.39 is 0 Å². The molecule has 0 heterocycles. The lowest BCUT2D eigenvalue weighted by Crippen LogP contribution is -2.25. The summed E-state index contributed by atoms with van der Waals surface area (Å²) in [5.41, 5.74) is 0. The maximum absolute atomic E-state index is 8.67. The van der Waals surface area contributed by atoms with Crippen LogP contribution in [0.3, 0.4) is 0 Å². The first kappa shape index (κ1) is 11.9. The Morgan fingerprint density at radius 1 is 1.56 bits per heavy atom. The topological polar surface area (TPSA) is 32.3 Å².